The zero-order chi connectivity index (χ0) is 11.6. The van der Waals surface area contributed by atoms with Crippen molar-refractivity contribution in [2.75, 3.05) is 5.73 Å². The first-order chi connectivity index (χ1) is 6.93. The van der Waals surface area contributed by atoms with Gasteiger partial charge >= 0.3 is 0 Å². The number of aliphatic imine (C=N–C) groups is 1. The molecule has 0 atom stereocenters. The molecule has 4 N–H and O–H groups in total. The molecule has 0 saturated carbocycles. The number of aromatic nitrogens is 1. The summed E-state index contributed by atoms with van der Waals surface area (Å²) in [5.74, 6) is 1.20. The number of rotatable bonds is 3. The maximum Gasteiger partial charge on any atom is 0.129 e. The van der Waals surface area contributed by atoms with Gasteiger partial charge in [-0.25, -0.2) is 0 Å². The Labute approximate surface area is 91.0 Å². The average molecular weight is 208 g/mol. The van der Waals surface area contributed by atoms with E-state index in [4.69, 9.17) is 11.5 Å². The van der Waals surface area contributed by atoms with Crippen LogP contribution in [0.5, 0.6) is 0 Å². The largest absolute Gasteiger partial charge is 0.384 e. The summed E-state index contributed by atoms with van der Waals surface area (Å²) in [6, 6.07) is 2.44. The van der Waals surface area contributed by atoms with Crippen molar-refractivity contribution < 1.29 is 0 Å². The third-order valence-corrected chi connectivity index (χ3v) is 2.19. The minimum atomic E-state index is 0.187. The molecule has 0 aliphatic rings. The lowest BCUT2D eigenvalue weighted by atomic mass is 10.3. The zero-order valence-electron chi connectivity index (χ0n) is 9.86. The molecule has 1 heterocycles. The predicted octanol–water partition coefficient (Wildman–Crippen LogP) is 1.76. The van der Waals surface area contributed by atoms with Crippen molar-refractivity contribution in [2.24, 2.45) is 10.7 Å². The first-order valence-electron chi connectivity index (χ1n) is 5.23. The van der Waals surface area contributed by atoms with E-state index < -0.39 is 0 Å². The normalized spacial score (nSPS) is 12.8. The van der Waals surface area contributed by atoms with Gasteiger partial charge < -0.3 is 16.0 Å². The molecule has 0 spiro atoms. The van der Waals surface area contributed by atoms with E-state index in [0.29, 0.717) is 17.7 Å². The van der Waals surface area contributed by atoms with E-state index in [9.17, 15) is 0 Å². The van der Waals surface area contributed by atoms with Crippen molar-refractivity contribution in [3.8, 4) is 0 Å². The van der Waals surface area contributed by atoms with E-state index in [1.54, 1.807) is 0 Å². The number of hydrogen-bond acceptors (Lipinski definition) is 2. The second-order valence-corrected chi connectivity index (χ2v) is 4.22. The topological polar surface area (TPSA) is 69.3 Å². The van der Waals surface area contributed by atoms with Crippen LogP contribution in [0.1, 0.15) is 39.3 Å². The first kappa shape index (κ1) is 11.6. The van der Waals surface area contributed by atoms with Crippen LogP contribution in [0, 0.1) is 0 Å². The molecule has 4 heteroatoms. The quantitative estimate of drug-likeness (QED) is 0.587. The van der Waals surface area contributed by atoms with E-state index in [2.05, 4.69) is 18.8 Å². The van der Waals surface area contributed by atoms with Gasteiger partial charge in [0.15, 0.2) is 0 Å². The summed E-state index contributed by atoms with van der Waals surface area (Å²) in [6.45, 7) is 8.14. The molecule has 1 aromatic heterocycles. The molecule has 4 nitrogen and oxygen atoms in total. The fourth-order valence-corrected chi connectivity index (χ4v) is 1.47. The van der Waals surface area contributed by atoms with Crippen molar-refractivity contribution in [3.05, 3.63) is 17.8 Å². The van der Waals surface area contributed by atoms with Gasteiger partial charge in [-0.05, 0) is 33.8 Å². The van der Waals surface area contributed by atoms with Crippen LogP contribution < -0.4 is 11.5 Å². The van der Waals surface area contributed by atoms with Crippen LogP contribution in [0.3, 0.4) is 0 Å². The molecule has 0 bridgehead atoms. The van der Waals surface area contributed by atoms with Gasteiger partial charge in [-0.15, -0.1) is 0 Å². The van der Waals surface area contributed by atoms with Gasteiger partial charge in [-0.2, -0.15) is 0 Å². The molecule has 0 aliphatic carbocycles. The van der Waals surface area contributed by atoms with Crippen molar-refractivity contribution in [2.45, 2.75) is 39.8 Å². The van der Waals surface area contributed by atoms with Crippen LogP contribution in [0.4, 0.5) is 5.82 Å². The summed E-state index contributed by atoms with van der Waals surface area (Å²) in [5.41, 5.74) is 12.7. The number of amidine groups is 1. The average Bonchev–Trinajstić information content (AvgIpc) is 2.45. The highest BCUT2D eigenvalue weighted by molar-refractivity contribution is 6.01. The molecule has 15 heavy (non-hydrogen) atoms. The van der Waals surface area contributed by atoms with Crippen LogP contribution in [0.25, 0.3) is 0 Å². The highest BCUT2D eigenvalue weighted by Crippen LogP contribution is 2.18. The second-order valence-electron chi connectivity index (χ2n) is 4.22. The van der Waals surface area contributed by atoms with Crippen LogP contribution >= 0.6 is 0 Å². The second kappa shape index (κ2) is 4.38. The van der Waals surface area contributed by atoms with Crippen LogP contribution in [0.15, 0.2) is 17.3 Å². The molecule has 1 aromatic rings. The van der Waals surface area contributed by atoms with E-state index in [0.717, 1.165) is 5.56 Å². The molecular formula is C11H20N4. The van der Waals surface area contributed by atoms with E-state index in [1.807, 2.05) is 30.7 Å². The molecular weight excluding hydrogens is 188 g/mol. The molecule has 0 aliphatic heterocycles. The maximum atomic E-state index is 5.98. The number of nitrogens with zero attached hydrogens (tertiary/aromatic N) is 2. The number of nitrogen functional groups attached to an aromatic ring is 1. The maximum absolute atomic E-state index is 5.98. The fourth-order valence-electron chi connectivity index (χ4n) is 1.47. The van der Waals surface area contributed by atoms with Crippen molar-refractivity contribution in [1.82, 2.24) is 4.57 Å². The van der Waals surface area contributed by atoms with Gasteiger partial charge in [0.25, 0.3) is 0 Å². The zero-order valence-corrected chi connectivity index (χ0v) is 9.86. The molecule has 0 amide bonds. The molecule has 0 radical (unpaired) electrons. The smallest absolute Gasteiger partial charge is 0.129 e. The number of hydrogen-bond donors (Lipinski definition) is 2. The van der Waals surface area contributed by atoms with E-state index >= 15 is 0 Å². The molecule has 0 unspecified atom stereocenters. The van der Waals surface area contributed by atoms with Crippen LogP contribution in [-0.4, -0.2) is 16.4 Å². The Morgan fingerprint density at radius 1 is 1.33 bits per heavy atom. The summed E-state index contributed by atoms with van der Waals surface area (Å²) < 4.78 is 1.98. The lowest BCUT2D eigenvalue weighted by molar-refractivity contribution is 0.612. The Balaban J connectivity index is 3.07. The third kappa shape index (κ3) is 2.52. The number of anilines is 1. The minimum Gasteiger partial charge on any atom is -0.384 e. The molecule has 84 valence electrons. The van der Waals surface area contributed by atoms with E-state index in [1.165, 1.54) is 0 Å². The highest BCUT2D eigenvalue weighted by atomic mass is 15.1. The van der Waals surface area contributed by atoms with Gasteiger partial charge in [0.1, 0.15) is 11.7 Å². The molecule has 1 rings (SSSR count). The third-order valence-electron chi connectivity index (χ3n) is 2.19. The summed E-state index contributed by atoms with van der Waals surface area (Å²) >= 11 is 0. The summed E-state index contributed by atoms with van der Waals surface area (Å²) in [7, 11) is 0. The highest BCUT2D eigenvalue weighted by Gasteiger charge is 2.10. The van der Waals surface area contributed by atoms with Crippen molar-refractivity contribution >= 4 is 11.7 Å². The SMILES string of the molecule is CC(C)N=C(N)c1ccn(C(C)C)c1N. The standard InChI is InChI=1S/C11H20N4/c1-7(2)14-10(12)9-5-6-15(8(3)4)11(9)13/h5-8H,13H2,1-4H3,(H2,12,14). The Hall–Kier alpha value is -1.45. The Morgan fingerprint density at radius 2 is 1.93 bits per heavy atom. The monoisotopic (exact) mass is 208 g/mol. The summed E-state index contributed by atoms with van der Waals surface area (Å²) in [4.78, 5) is 4.28. The van der Waals surface area contributed by atoms with Crippen LogP contribution in [-0.2, 0) is 0 Å². The van der Waals surface area contributed by atoms with Crippen molar-refractivity contribution in [3.63, 3.8) is 0 Å². The van der Waals surface area contributed by atoms with Gasteiger partial charge in [0.2, 0.25) is 0 Å². The lowest BCUT2D eigenvalue weighted by Crippen LogP contribution is -2.17. The number of nitrogens with two attached hydrogens (primary N) is 2. The lowest BCUT2D eigenvalue weighted by Gasteiger charge is -2.10. The fraction of sp³-hybridized carbons (Fsp3) is 0.545. The summed E-state index contributed by atoms with van der Waals surface area (Å²) in [5, 5.41) is 0. The van der Waals surface area contributed by atoms with Gasteiger partial charge in [-0.1, -0.05) is 0 Å². The van der Waals surface area contributed by atoms with E-state index in [-0.39, 0.29) is 6.04 Å². The molecule has 0 saturated heterocycles. The first-order valence-corrected chi connectivity index (χ1v) is 5.23. The van der Waals surface area contributed by atoms with Crippen molar-refractivity contribution in [1.29, 1.82) is 0 Å². The predicted molar refractivity (Wildman–Crippen MR) is 65.1 cm³/mol. The van der Waals surface area contributed by atoms with Gasteiger partial charge in [0.05, 0.1) is 5.56 Å². The molecule has 0 aromatic carbocycles. The van der Waals surface area contributed by atoms with Gasteiger partial charge in [-0.3, -0.25) is 4.99 Å². The van der Waals surface area contributed by atoms with Gasteiger partial charge in [0, 0.05) is 18.3 Å². The Kier molecular flexibility index (Phi) is 3.39. The molecule has 0 fully saturated rings. The Bertz CT molecular complexity index is 361. The Morgan fingerprint density at radius 3 is 2.33 bits per heavy atom. The summed E-state index contributed by atoms with van der Waals surface area (Å²) in [6.07, 6.45) is 1.94. The van der Waals surface area contributed by atoms with Crippen LogP contribution in [0.2, 0.25) is 0 Å². The minimum absolute atomic E-state index is 0.187.